The molecule has 14 heteroatoms. The van der Waals surface area contributed by atoms with Crippen molar-refractivity contribution in [1.82, 2.24) is 24.7 Å². The van der Waals surface area contributed by atoms with Gasteiger partial charge in [-0.3, -0.25) is 0 Å². The predicted molar refractivity (Wildman–Crippen MR) is 151 cm³/mol. The van der Waals surface area contributed by atoms with Crippen molar-refractivity contribution in [2.45, 2.75) is 37.5 Å². The maximum atomic E-state index is 15.0. The molecule has 0 bridgehead atoms. The first-order valence-electron chi connectivity index (χ1n) is 12.9. The highest BCUT2D eigenvalue weighted by molar-refractivity contribution is 7.89. The molecule has 2 aromatic carbocycles. The number of imidazole rings is 1. The Morgan fingerprint density at radius 2 is 1.98 bits per heavy atom. The van der Waals surface area contributed by atoms with Gasteiger partial charge in [-0.25, -0.2) is 41.8 Å². The average molecular weight is 611 g/mol. The minimum absolute atomic E-state index is 0.120. The van der Waals surface area contributed by atoms with E-state index in [1.807, 2.05) is 0 Å². The van der Waals surface area contributed by atoms with E-state index in [0.717, 1.165) is 42.0 Å². The lowest BCUT2D eigenvalue weighted by Crippen LogP contribution is -2.14. The molecule has 4 N–H and O–H groups in total. The molecule has 1 fully saturated rings. The zero-order valence-corrected chi connectivity index (χ0v) is 23.8. The first-order chi connectivity index (χ1) is 20.0. The number of primary sulfonamides is 1. The Hall–Kier alpha value is -4.27. The van der Waals surface area contributed by atoms with E-state index in [0.29, 0.717) is 51.4 Å². The van der Waals surface area contributed by atoms with E-state index in [9.17, 15) is 27.1 Å². The molecule has 0 radical (unpaired) electrons. The number of carboxylic acid groups (broad SMARTS) is 1. The maximum Gasteiger partial charge on any atom is 0.355 e. The average Bonchev–Trinajstić information content (AvgIpc) is 3.27. The number of hydrogen-bond acceptors (Lipinski definition) is 7. The second kappa shape index (κ2) is 10.5. The SMILES string of the molecule is Cc1ncc(-c2cc(-c3nn(-c4nc(C(=O)O)cs4)c(CC4CC4)c3Cc3ccc(S(N)(=O)=O)c(F)c3)ccc2F)[nH]1. The van der Waals surface area contributed by atoms with Crippen LogP contribution in [0.25, 0.3) is 27.6 Å². The summed E-state index contributed by atoms with van der Waals surface area (Å²) in [6, 6.07) is 8.30. The molecule has 0 atom stereocenters. The molecule has 6 rings (SSSR count). The number of benzene rings is 2. The van der Waals surface area contributed by atoms with Crippen LogP contribution < -0.4 is 5.14 Å². The lowest BCUT2D eigenvalue weighted by molar-refractivity contribution is 0.0691. The summed E-state index contributed by atoms with van der Waals surface area (Å²) in [6.07, 6.45) is 4.32. The van der Waals surface area contributed by atoms with E-state index in [1.165, 1.54) is 23.7 Å². The van der Waals surface area contributed by atoms with Crippen molar-refractivity contribution in [1.29, 1.82) is 0 Å². The molecule has 3 heterocycles. The van der Waals surface area contributed by atoms with Crippen LogP contribution in [0.15, 0.2) is 52.9 Å². The summed E-state index contributed by atoms with van der Waals surface area (Å²) in [5.74, 6) is -1.61. The fourth-order valence-corrected chi connectivity index (χ4v) is 6.21. The van der Waals surface area contributed by atoms with Crippen molar-refractivity contribution in [2.24, 2.45) is 11.1 Å². The molecule has 10 nitrogen and oxygen atoms in total. The number of carbonyl (C=O) groups is 1. The van der Waals surface area contributed by atoms with Gasteiger partial charge in [-0.1, -0.05) is 6.07 Å². The fraction of sp³-hybridized carbons (Fsp3) is 0.214. The quantitative estimate of drug-likeness (QED) is 0.215. The van der Waals surface area contributed by atoms with Crippen molar-refractivity contribution in [3.05, 3.63) is 87.9 Å². The number of nitrogens with one attached hydrogen (secondary N) is 1. The zero-order valence-electron chi connectivity index (χ0n) is 22.1. The lowest BCUT2D eigenvalue weighted by atomic mass is 9.95. The van der Waals surface area contributed by atoms with E-state index in [1.54, 1.807) is 23.7 Å². The van der Waals surface area contributed by atoms with Gasteiger partial charge < -0.3 is 10.1 Å². The zero-order chi connectivity index (χ0) is 29.8. The molecule has 3 aromatic heterocycles. The van der Waals surface area contributed by atoms with E-state index in [-0.39, 0.29) is 17.7 Å². The van der Waals surface area contributed by atoms with Gasteiger partial charge in [0.05, 0.1) is 23.3 Å². The van der Waals surface area contributed by atoms with Crippen LogP contribution in [0.1, 0.15) is 46.0 Å². The fourth-order valence-electron chi connectivity index (χ4n) is 4.85. The molecule has 0 amide bonds. The van der Waals surface area contributed by atoms with Gasteiger partial charge in [0.15, 0.2) is 5.69 Å². The molecular formula is C28H24F2N6O4S2. The number of sulfonamides is 1. The number of nitrogens with two attached hydrogens (primary N) is 1. The molecule has 1 saturated carbocycles. The number of hydrogen-bond donors (Lipinski definition) is 3. The Morgan fingerprint density at radius 1 is 1.19 bits per heavy atom. The van der Waals surface area contributed by atoms with Crippen molar-refractivity contribution in [3.63, 3.8) is 0 Å². The number of H-pyrrole nitrogens is 1. The normalized spacial score (nSPS) is 13.5. The number of carboxylic acids is 1. The Bertz CT molecular complexity index is 1960. The standard InChI is InChI=1S/C28H24F2N6O4S2/c1-14-32-12-22(33-14)18-11-17(5-6-20(18)29)26-19(8-16-4-7-25(21(30)9-16)42(31,39)40)24(10-15-2-3-15)36(35-26)28-34-23(13-41-28)27(37)38/h4-7,9,11-13,15H,2-3,8,10H2,1H3,(H,32,33)(H,37,38)(H2,31,39,40). The number of nitrogens with zero attached hydrogens (tertiary/aromatic N) is 4. The third kappa shape index (κ3) is 5.47. The second-order valence-corrected chi connectivity index (χ2v) is 12.6. The van der Waals surface area contributed by atoms with Gasteiger partial charge in [-0.2, -0.15) is 5.10 Å². The van der Waals surface area contributed by atoms with Gasteiger partial charge in [0.2, 0.25) is 15.2 Å². The van der Waals surface area contributed by atoms with Crippen LogP contribution >= 0.6 is 11.3 Å². The van der Waals surface area contributed by atoms with Crippen LogP contribution in [0.5, 0.6) is 0 Å². The van der Waals surface area contributed by atoms with Gasteiger partial charge in [0.1, 0.15) is 22.4 Å². The number of rotatable bonds is 9. The minimum Gasteiger partial charge on any atom is -0.476 e. The van der Waals surface area contributed by atoms with Crippen LogP contribution in [-0.4, -0.2) is 44.2 Å². The molecule has 5 aromatic rings. The van der Waals surface area contributed by atoms with Crippen LogP contribution in [0, 0.1) is 24.5 Å². The van der Waals surface area contributed by atoms with Crippen molar-refractivity contribution in [2.75, 3.05) is 0 Å². The summed E-state index contributed by atoms with van der Waals surface area (Å²) >= 11 is 1.12. The summed E-state index contributed by atoms with van der Waals surface area (Å²) in [6.45, 7) is 1.76. The van der Waals surface area contributed by atoms with Crippen LogP contribution in [0.4, 0.5) is 8.78 Å². The summed E-state index contributed by atoms with van der Waals surface area (Å²) < 4.78 is 55.0. The molecule has 0 saturated heterocycles. The number of aromatic nitrogens is 5. The third-order valence-corrected chi connectivity index (χ3v) is 8.84. The van der Waals surface area contributed by atoms with Gasteiger partial charge >= 0.3 is 5.97 Å². The number of halogens is 2. The number of thiazole rings is 1. The topological polar surface area (TPSA) is 157 Å². The molecule has 0 unspecified atom stereocenters. The number of aryl methyl sites for hydroxylation is 1. The largest absolute Gasteiger partial charge is 0.476 e. The highest BCUT2D eigenvalue weighted by atomic mass is 32.2. The molecule has 42 heavy (non-hydrogen) atoms. The lowest BCUT2D eigenvalue weighted by Gasteiger charge is -2.10. The number of aromatic amines is 1. The molecule has 1 aliphatic rings. The first kappa shape index (κ1) is 27.9. The summed E-state index contributed by atoms with van der Waals surface area (Å²) in [4.78, 5) is 22.4. The molecular weight excluding hydrogens is 586 g/mol. The van der Waals surface area contributed by atoms with Crippen LogP contribution in [0.3, 0.4) is 0 Å². The highest BCUT2D eigenvalue weighted by Crippen LogP contribution is 2.39. The van der Waals surface area contributed by atoms with Gasteiger partial charge in [0.25, 0.3) is 0 Å². The molecule has 216 valence electrons. The highest BCUT2D eigenvalue weighted by Gasteiger charge is 2.30. The van der Waals surface area contributed by atoms with Crippen LogP contribution in [-0.2, 0) is 22.9 Å². The Morgan fingerprint density at radius 3 is 2.60 bits per heavy atom. The Labute approximate surface area is 242 Å². The van der Waals surface area contributed by atoms with Crippen molar-refractivity contribution in [3.8, 4) is 27.6 Å². The number of aromatic carboxylic acids is 1. The second-order valence-electron chi connectivity index (χ2n) is 10.2. The van der Waals surface area contributed by atoms with E-state index in [4.69, 9.17) is 10.2 Å². The predicted octanol–water partition coefficient (Wildman–Crippen LogP) is 4.86. The Balaban J connectivity index is 1.54. The maximum absolute atomic E-state index is 15.0. The van der Waals surface area contributed by atoms with E-state index >= 15 is 0 Å². The van der Waals surface area contributed by atoms with Crippen molar-refractivity contribution >= 4 is 27.3 Å². The molecule has 0 spiro atoms. The van der Waals surface area contributed by atoms with E-state index < -0.39 is 32.5 Å². The smallest absolute Gasteiger partial charge is 0.355 e. The summed E-state index contributed by atoms with van der Waals surface area (Å²) in [5.41, 5.74) is 3.63. The first-order valence-corrected chi connectivity index (χ1v) is 15.3. The van der Waals surface area contributed by atoms with Gasteiger partial charge in [-0.05, 0) is 68.0 Å². The Kier molecular flexibility index (Phi) is 6.99. The monoisotopic (exact) mass is 610 g/mol. The van der Waals surface area contributed by atoms with Gasteiger partial charge in [-0.15, -0.1) is 11.3 Å². The van der Waals surface area contributed by atoms with E-state index in [2.05, 4.69) is 15.0 Å². The summed E-state index contributed by atoms with van der Waals surface area (Å²) in [5, 5.41) is 21.2. The minimum atomic E-state index is -4.25. The van der Waals surface area contributed by atoms with Crippen LogP contribution in [0.2, 0.25) is 0 Å². The van der Waals surface area contributed by atoms with Crippen molar-refractivity contribution < 1.29 is 27.1 Å². The molecule has 0 aliphatic heterocycles. The van der Waals surface area contributed by atoms with Gasteiger partial charge in [0, 0.05) is 28.5 Å². The summed E-state index contributed by atoms with van der Waals surface area (Å²) in [7, 11) is -4.25. The molecule has 1 aliphatic carbocycles. The third-order valence-electron chi connectivity index (χ3n) is 7.08.